The minimum atomic E-state index is -3.59. The third-order valence-corrected chi connectivity index (χ3v) is 5.75. The highest BCUT2D eigenvalue weighted by atomic mass is 32.2. The van der Waals surface area contributed by atoms with E-state index in [1.807, 2.05) is 49.4 Å². The van der Waals surface area contributed by atoms with Crippen molar-refractivity contribution in [2.24, 2.45) is 0 Å². The van der Waals surface area contributed by atoms with E-state index in [1.165, 1.54) is 0 Å². The lowest BCUT2D eigenvalue weighted by Crippen LogP contribution is -2.07. The van der Waals surface area contributed by atoms with Crippen LogP contribution < -0.4 is 0 Å². The normalized spacial score (nSPS) is 12.4. The maximum atomic E-state index is 13.2. The van der Waals surface area contributed by atoms with E-state index < -0.39 is 9.84 Å². The highest BCUT2D eigenvalue weighted by molar-refractivity contribution is 7.95. The molecule has 0 heterocycles. The van der Waals surface area contributed by atoms with Crippen molar-refractivity contribution in [1.82, 2.24) is 0 Å². The first kappa shape index (κ1) is 18.0. The monoisotopic (exact) mass is 338 g/mol. The molecule has 2 aromatic carbocycles. The SMILES string of the molecule is C=CC/C(=C(\CC=C)S(=O)(=O)c1ccc(C)cc1)c1ccccc1. The van der Waals surface area contributed by atoms with Crippen molar-refractivity contribution < 1.29 is 8.42 Å². The van der Waals surface area contributed by atoms with E-state index in [-0.39, 0.29) is 6.42 Å². The second kappa shape index (κ2) is 7.93. The van der Waals surface area contributed by atoms with E-state index in [9.17, 15) is 8.42 Å². The number of rotatable bonds is 7. The van der Waals surface area contributed by atoms with Gasteiger partial charge in [0.15, 0.2) is 0 Å². The average Bonchev–Trinajstić information content (AvgIpc) is 2.59. The van der Waals surface area contributed by atoms with Gasteiger partial charge in [-0.05, 0) is 36.6 Å². The minimum Gasteiger partial charge on any atom is -0.219 e. The van der Waals surface area contributed by atoms with Gasteiger partial charge in [-0.2, -0.15) is 0 Å². The Bertz CT molecular complexity index is 842. The Morgan fingerprint density at radius 3 is 2.04 bits per heavy atom. The fourth-order valence-corrected chi connectivity index (χ4v) is 4.20. The van der Waals surface area contributed by atoms with Crippen LogP contribution in [0.5, 0.6) is 0 Å². The number of hydrogen-bond donors (Lipinski definition) is 0. The molecule has 0 radical (unpaired) electrons. The summed E-state index contributed by atoms with van der Waals surface area (Å²) in [5.74, 6) is 0. The standard InChI is InChI=1S/C21H22O2S/c1-4-9-20(18-11-7-6-8-12-18)21(10-5-2)24(22,23)19-15-13-17(3)14-16-19/h4-8,11-16H,1-2,9-10H2,3H3/b21-20-. The first-order valence-corrected chi connectivity index (χ1v) is 9.30. The molecule has 24 heavy (non-hydrogen) atoms. The third-order valence-electron chi connectivity index (χ3n) is 3.79. The number of aryl methyl sites for hydroxylation is 1. The van der Waals surface area contributed by atoms with Crippen LogP contribution in [-0.2, 0) is 9.84 Å². The molecule has 2 nitrogen and oxygen atoms in total. The van der Waals surface area contributed by atoms with Crippen LogP contribution in [0, 0.1) is 6.92 Å². The summed E-state index contributed by atoms with van der Waals surface area (Å²) < 4.78 is 26.4. The molecular weight excluding hydrogens is 316 g/mol. The lowest BCUT2D eigenvalue weighted by atomic mass is 10.0. The fraction of sp³-hybridized carbons (Fsp3) is 0.143. The zero-order valence-corrected chi connectivity index (χ0v) is 14.7. The van der Waals surface area contributed by atoms with Gasteiger partial charge in [-0.25, -0.2) is 8.42 Å². The predicted molar refractivity (Wildman–Crippen MR) is 101 cm³/mol. The number of hydrogen-bond acceptors (Lipinski definition) is 2. The summed E-state index contributed by atoms with van der Waals surface area (Å²) in [6.07, 6.45) is 4.13. The van der Waals surface area contributed by atoms with Gasteiger partial charge in [-0.1, -0.05) is 60.2 Å². The van der Waals surface area contributed by atoms with Gasteiger partial charge in [0.25, 0.3) is 0 Å². The van der Waals surface area contributed by atoms with Gasteiger partial charge in [0.1, 0.15) is 0 Å². The molecule has 0 N–H and O–H groups in total. The number of sulfone groups is 1. The minimum absolute atomic E-state index is 0.286. The van der Waals surface area contributed by atoms with Crippen LogP contribution in [0.15, 0.2) is 89.7 Å². The first-order chi connectivity index (χ1) is 11.5. The zero-order chi connectivity index (χ0) is 17.6. The van der Waals surface area contributed by atoms with Crippen molar-refractivity contribution in [3.05, 3.63) is 95.9 Å². The quantitative estimate of drug-likeness (QED) is 0.639. The van der Waals surface area contributed by atoms with Crippen LogP contribution >= 0.6 is 0 Å². The molecule has 0 aliphatic heterocycles. The highest BCUT2D eigenvalue weighted by Crippen LogP contribution is 2.32. The Balaban J connectivity index is 2.70. The van der Waals surface area contributed by atoms with Crippen molar-refractivity contribution in [3.63, 3.8) is 0 Å². The van der Waals surface area contributed by atoms with Gasteiger partial charge in [-0.3, -0.25) is 0 Å². The molecule has 0 unspecified atom stereocenters. The van der Waals surface area contributed by atoms with Crippen LogP contribution in [-0.4, -0.2) is 8.42 Å². The second-order valence-corrected chi connectivity index (χ2v) is 7.54. The largest absolute Gasteiger partial charge is 0.219 e. The summed E-state index contributed by atoms with van der Waals surface area (Å²) in [5, 5.41) is 0. The molecule has 0 aromatic heterocycles. The molecule has 0 bridgehead atoms. The van der Waals surface area contributed by atoms with E-state index in [4.69, 9.17) is 0 Å². The molecule has 0 aliphatic carbocycles. The second-order valence-electron chi connectivity index (χ2n) is 5.57. The topological polar surface area (TPSA) is 34.1 Å². The van der Waals surface area contributed by atoms with Gasteiger partial charge in [0.2, 0.25) is 9.84 Å². The molecule has 3 heteroatoms. The average molecular weight is 338 g/mol. The summed E-state index contributed by atoms with van der Waals surface area (Å²) in [6, 6.07) is 16.5. The molecule has 0 saturated carbocycles. The molecule has 124 valence electrons. The lowest BCUT2D eigenvalue weighted by Gasteiger charge is -2.15. The van der Waals surface area contributed by atoms with Crippen molar-refractivity contribution in [1.29, 1.82) is 0 Å². The Morgan fingerprint density at radius 2 is 1.50 bits per heavy atom. The molecular formula is C21H22O2S. The Labute approximate surface area is 144 Å². The van der Waals surface area contributed by atoms with Crippen LogP contribution in [0.1, 0.15) is 24.0 Å². The smallest absolute Gasteiger partial charge is 0.203 e. The maximum Gasteiger partial charge on any atom is 0.203 e. The Morgan fingerprint density at radius 1 is 0.917 bits per heavy atom. The van der Waals surface area contributed by atoms with Crippen molar-refractivity contribution in [2.75, 3.05) is 0 Å². The zero-order valence-electron chi connectivity index (χ0n) is 13.9. The van der Waals surface area contributed by atoms with Crippen molar-refractivity contribution in [2.45, 2.75) is 24.7 Å². The molecule has 0 atom stereocenters. The maximum absolute atomic E-state index is 13.2. The van der Waals surface area contributed by atoms with Crippen LogP contribution in [0.4, 0.5) is 0 Å². The summed E-state index contributed by atoms with van der Waals surface area (Å²) in [6.45, 7) is 9.45. The molecule has 2 rings (SSSR count). The molecule has 0 amide bonds. The summed E-state index contributed by atoms with van der Waals surface area (Å²) in [4.78, 5) is 0.690. The van der Waals surface area contributed by atoms with Crippen LogP contribution in [0.25, 0.3) is 5.57 Å². The first-order valence-electron chi connectivity index (χ1n) is 7.81. The van der Waals surface area contributed by atoms with E-state index in [2.05, 4.69) is 13.2 Å². The van der Waals surface area contributed by atoms with Gasteiger partial charge in [-0.15, -0.1) is 13.2 Å². The van der Waals surface area contributed by atoms with E-state index in [0.717, 1.165) is 16.7 Å². The molecule has 0 fully saturated rings. The summed E-state index contributed by atoms with van der Waals surface area (Å²) in [7, 11) is -3.59. The lowest BCUT2D eigenvalue weighted by molar-refractivity contribution is 0.601. The number of benzene rings is 2. The number of allylic oxidation sites excluding steroid dienone is 4. The highest BCUT2D eigenvalue weighted by Gasteiger charge is 2.23. The third kappa shape index (κ3) is 3.92. The fourth-order valence-electron chi connectivity index (χ4n) is 2.56. The Kier molecular flexibility index (Phi) is 5.93. The van der Waals surface area contributed by atoms with Gasteiger partial charge < -0.3 is 0 Å². The molecule has 2 aromatic rings. The van der Waals surface area contributed by atoms with E-state index >= 15 is 0 Å². The van der Waals surface area contributed by atoms with Crippen molar-refractivity contribution in [3.8, 4) is 0 Å². The molecule has 0 spiro atoms. The molecule has 0 saturated heterocycles. The summed E-state index contributed by atoms with van der Waals surface area (Å²) in [5.41, 5.74) is 2.69. The van der Waals surface area contributed by atoms with Gasteiger partial charge in [0.05, 0.1) is 9.80 Å². The predicted octanol–water partition coefficient (Wildman–Crippen LogP) is 5.33. The molecule has 0 aliphatic rings. The van der Waals surface area contributed by atoms with Crippen molar-refractivity contribution >= 4 is 15.4 Å². The van der Waals surface area contributed by atoms with Crippen LogP contribution in [0.2, 0.25) is 0 Å². The van der Waals surface area contributed by atoms with E-state index in [0.29, 0.717) is 16.2 Å². The summed E-state index contributed by atoms with van der Waals surface area (Å²) >= 11 is 0. The van der Waals surface area contributed by atoms with E-state index in [1.54, 1.807) is 24.3 Å². The Hall–Kier alpha value is -2.39. The van der Waals surface area contributed by atoms with Crippen LogP contribution in [0.3, 0.4) is 0 Å². The van der Waals surface area contributed by atoms with Gasteiger partial charge in [0, 0.05) is 6.42 Å². The van der Waals surface area contributed by atoms with Gasteiger partial charge >= 0.3 is 0 Å².